The fourth-order valence-corrected chi connectivity index (χ4v) is 4.30. The van der Waals surface area contributed by atoms with Gasteiger partial charge in [0.1, 0.15) is 0 Å². The van der Waals surface area contributed by atoms with Crippen LogP contribution in [-0.2, 0) is 11.8 Å². The van der Waals surface area contributed by atoms with Crippen molar-refractivity contribution in [3.8, 4) is 0 Å². The Labute approximate surface area is 159 Å². The highest BCUT2D eigenvalue weighted by Crippen LogP contribution is 2.25. The second kappa shape index (κ2) is 7.33. The summed E-state index contributed by atoms with van der Waals surface area (Å²) in [6.45, 7) is 5.47. The van der Waals surface area contributed by atoms with Crippen LogP contribution in [0.3, 0.4) is 0 Å². The lowest BCUT2D eigenvalue weighted by Crippen LogP contribution is -2.46. The van der Waals surface area contributed by atoms with Gasteiger partial charge in [-0.1, -0.05) is 19.1 Å². The molecule has 3 heterocycles. The van der Waals surface area contributed by atoms with E-state index in [0.717, 1.165) is 55.7 Å². The smallest absolute Gasteiger partial charge is 0.293 e. The van der Waals surface area contributed by atoms with Crippen molar-refractivity contribution < 1.29 is 4.79 Å². The highest BCUT2D eigenvalue weighted by molar-refractivity contribution is 5.79. The minimum atomic E-state index is -0.0662. The normalized spacial score (nSPS) is 19.6. The van der Waals surface area contributed by atoms with E-state index in [1.807, 2.05) is 29.2 Å². The number of amides is 1. The maximum absolute atomic E-state index is 12.8. The van der Waals surface area contributed by atoms with E-state index in [4.69, 9.17) is 0 Å². The third kappa shape index (κ3) is 3.45. The topological polar surface area (TPSA) is 58.4 Å². The average molecular weight is 368 g/mol. The van der Waals surface area contributed by atoms with Gasteiger partial charge < -0.3 is 14.4 Å². The van der Waals surface area contributed by atoms with Crippen LogP contribution in [0.5, 0.6) is 0 Å². The highest BCUT2D eigenvalue weighted by atomic mass is 16.2. The molecule has 1 aromatic heterocycles. The van der Waals surface area contributed by atoms with E-state index < -0.39 is 0 Å². The van der Waals surface area contributed by atoms with Crippen LogP contribution in [0.1, 0.15) is 32.6 Å². The quantitative estimate of drug-likeness (QED) is 0.817. The molecule has 6 nitrogen and oxygen atoms in total. The molecular formula is C21H28N4O2. The summed E-state index contributed by atoms with van der Waals surface area (Å²) < 4.78 is 1.67. The second-order valence-corrected chi connectivity index (χ2v) is 8.06. The molecule has 2 aliphatic heterocycles. The van der Waals surface area contributed by atoms with Crippen molar-refractivity contribution in [3.63, 3.8) is 0 Å². The first-order chi connectivity index (χ1) is 13.0. The Morgan fingerprint density at radius 3 is 2.41 bits per heavy atom. The molecule has 0 spiro atoms. The molecule has 1 amide bonds. The molecule has 2 aliphatic rings. The Balaban J connectivity index is 1.47. The molecule has 144 valence electrons. The van der Waals surface area contributed by atoms with Crippen LogP contribution in [-0.4, -0.2) is 46.5 Å². The summed E-state index contributed by atoms with van der Waals surface area (Å²) >= 11 is 0. The van der Waals surface area contributed by atoms with Crippen LogP contribution in [0.15, 0.2) is 29.1 Å². The summed E-state index contributed by atoms with van der Waals surface area (Å²) in [5.41, 5.74) is 1.61. The fraction of sp³-hybridized carbons (Fsp3) is 0.571. The molecule has 6 heteroatoms. The highest BCUT2D eigenvalue weighted by Gasteiger charge is 2.31. The molecule has 0 bridgehead atoms. The van der Waals surface area contributed by atoms with Crippen molar-refractivity contribution in [1.82, 2.24) is 14.5 Å². The standard InChI is InChI=1S/C21H28N4O2/c1-15-7-11-25(12-8-15)20(26)16-9-13-24(14-10-16)19-21(27)23(2)18-6-4-3-5-17(18)22-19/h3-6,15-16H,7-14H2,1-2H3. The molecule has 0 N–H and O–H groups in total. The summed E-state index contributed by atoms with van der Waals surface area (Å²) in [5.74, 6) is 1.62. The summed E-state index contributed by atoms with van der Waals surface area (Å²) in [5, 5.41) is 0. The lowest BCUT2D eigenvalue weighted by Gasteiger charge is -2.37. The minimum Gasteiger partial charge on any atom is -0.352 e. The molecule has 0 atom stereocenters. The van der Waals surface area contributed by atoms with E-state index in [1.54, 1.807) is 11.6 Å². The van der Waals surface area contributed by atoms with Gasteiger partial charge in [-0.3, -0.25) is 9.59 Å². The predicted molar refractivity (Wildman–Crippen MR) is 107 cm³/mol. The number of nitrogens with zero attached hydrogens (tertiary/aromatic N) is 4. The number of fused-ring (bicyclic) bond motifs is 1. The van der Waals surface area contributed by atoms with Gasteiger partial charge in [0.15, 0.2) is 5.82 Å². The Morgan fingerprint density at radius 2 is 1.70 bits per heavy atom. The van der Waals surface area contributed by atoms with E-state index in [2.05, 4.69) is 16.8 Å². The van der Waals surface area contributed by atoms with Crippen molar-refractivity contribution in [1.29, 1.82) is 0 Å². The van der Waals surface area contributed by atoms with Crippen molar-refractivity contribution >= 4 is 22.8 Å². The number of para-hydroxylation sites is 2. The average Bonchev–Trinajstić information content (AvgIpc) is 2.71. The molecule has 27 heavy (non-hydrogen) atoms. The molecule has 0 saturated carbocycles. The van der Waals surface area contributed by atoms with E-state index in [-0.39, 0.29) is 11.5 Å². The van der Waals surface area contributed by atoms with Crippen LogP contribution >= 0.6 is 0 Å². The summed E-state index contributed by atoms with van der Waals surface area (Å²) in [7, 11) is 1.80. The molecule has 1 aromatic carbocycles. The van der Waals surface area contributed by atoms with Gasteiger partial charge in [0.05, 0.1) is 11.0 Å². The van der Waals surface area contributed by atoms with Crippen molar-refractivity contribution in [3.05, 3.63) is 34.6 Å². The SMILES string of the molecule is CC1CCN(C(=O)C2CCN(c3nc4ccccc4n(C)c3=O)CC2)CC1. The van der Waals surface area contributed by atoms with Crippen LogP contribution < -0.4 is 10.5 Å². The number of aromatic nitrogens is 2. The van der Waals surface area contributed by atoms with Crippen LogP contribution in [0, 0.1) is 11.8 Å². The third-order valence-electron chi connectivity index (χ3n) is 6.20. The molecular weight excluding hydrogens is 340 g/mol. The Morgan fingerprint density at radius 1 is 1.04 bits per heavy atom. The zero-order valence-corrected chi connectivity index (χ0v) is 16.2. The number of benzene rings is 1. The van der Waals surface area contributed by atoms with Gasteiger partial charge in [-0.25, -0.2) is 4.98 Å². The van der Waals surface area contributed by atoms with Gasteiger partial charge in [-0.2, -0.15) is 0 Å². The first kappa shape index (κ1) is 18.0. The number of piperidine rings is 2. The van der Waals surface area contributed by atoms with E-state index >= 15 is 0 Å². The first-order valence-electron chi connectivity index (χ1n) is 10.0. The van der Waals surface area contributed by atoms with Crippen molar-refractivity contribution in [2.75, 3.05) is 31.1 Å². The number of aryl methyl sites for hydroxylation is 1. The molecule has 2 fully saturated rings. The fourth-order valence-electron chi connectivity index (χ4n) is 4.30. The Hall–Kier alpha value is -2.37. The van der Waals surface area contributed by atoms with E-state index in [0.29, 0.717) is 24.8 Å². The lowest BCUT2D eigenvalue weighted by molar-refractivity contribution is -0.137. The zero-order chi connectivity index (χ0) is 19.0. The molecule has 0 aliphatic carbocycles. The lowest BCUT2D eigenvalue weighted by atomic mass is 9.92. The molecule has 0 radical (unpaired) electrons. The largest absolute Gasteiger partial charge is 0.352 e. The summed E-state index contributed by atoms with van der Waals surface area (Å²) in [4.78, 5) is 34.3. The number of carbonyl (C=O) groups is 1. The number of rotatable bonds is 2. The minimum absolute atomic E-state index is 0.0662. The maximum atomic E-state index is 12.8. The number of likely N-dealkylation sites (tertiary alicyclic amines) is 1. The van der Waals surface area contributed by atoms with Crippen LogP contribution in [0.2, 0.25) is 0 Å². The van der Waals surface area contributed by atoms with Crippen molar-refractivity contribution in [2.24, 2.45) is 18.9 Å². The van der Waals surface area contributed by atoms with E-state index in [9.17, 15) is 9.59 Å². The Bertz CT molecular complexity index is 891. The van der Waals surface area contributed by atoms with Gasteiger partial charge in [0.25, 0.3) is 5.56 Å². The number of hydrogen-bond donors (Lipinski definition) is 0. The molecule has 2 aromatic rings. The van der Waals surface area contributed by atoms with Gasteiger partial charge >= 0.3 is 0 Å². The zero-order valence-electron chi connectivity index (χ0n) is 16.2. The van der Waals surface area contributed by atoms with Gasteiger partial charge in [-0.15, -0.1) is 0 Å². The second-order valence-electron chi connectivity index (χ2n) is 8.06. The third-order valence-corrected chi connectivity index (χ3v) is 6.20. The summed E-state index contributed by atoms with van der Waals surface area (Å²) in [6.07, 6.45) is 3.81. The first-order valence-corrected chi connectivity index (χ1v) is 10.0. The molecule has 4 rings (SSSR count). The van der Waals surface area contributed by atoms with Crippen molar-refractivity contribution in [2.45, 2.75) is 32.6 Å². The van der Waals surface area contributed by atoms with Gasteiger partial charge in [0.2, 0.25) is 5.91 Å². The maximum Gasteiger partial charge on any atom is 0.293 e. The molecule has 2 saturated heterocycles. The number of hydrogen-bond acceptors (Lipinski definition) is 4. The monoisotopic (exact) mass is 368 g/mol. The number of carbonyl (C=O) groups excluding carboxylic acids is 1. The number of anilines is 1. The Kier molecular flexibility index (Phi) is 4.89. The predicted octanol–water partition coefficient (Wildman–Crippen LogP) is 2.41. The summed E-state index contributed by atoms with van der Waals surface area (Å²) in [6, 6.07) is 7.71. The van der Waals surface area contributed by atoms with E-state index in [1.165, 1.54) is 0 Å². The van der Waals surface area contributed by atoms with Crippen LogP contribution in [0.4, 0.5) is 5.82 Å². The van der Waals surface area contributed by atoms with Gasteiger partial charge in [-0.05, 0) is 43.7 Å². The van der Waals surface area contributed by atoms with Gasteiger partial charge in [0, 0.05) is 39.1 Å². The molecule has 0 unspecified atom stereocenters. The van der Waals surface area contributed by atoms with Crippen LogP contribution in [0.25, 0.3) is 11.0 Å².